The second-order valence-corrected chi connectivity index (χ2v) is 5.71. The predicted molar refractivity (Wildman–Crippen MR) is 82.9 cm³/mol. The number of hydrogen-bond donors (Lipinski definition) is 1. The minimum absolute atomic E-state index is 0.000853. The van der Waals surface area contributed by atoms with E-state index in [2.05, 4.69) is 0 Å². The fraction of sp³-hybridized carbons (Fsp3) is 0.500. The number of ketones is 1. The molecule has 1 aliphatic heterocycles. The fourth-order valence-electron chi connectivity index (χ4n) is 2.77. The molecule has 8 heteroatoms. The molecule has 0 amide bonds. The highest BCUT2D eigenvalue weighted by atomic mass is 19.2. The smallest absolute Gasteiger partial charge is 0.526 e. The summed E-state index contributed by atoms with van der Waals surface area (Å²) in [7, 11) is -1.38. The van der Waals surface area contributed by atoms with Crippen LogP contribution >= 0.6 is 0 Å². The molecule has 1 aromatic rings. The van der Waals surface area contributed by atoms with E-state index in [-0.39, 0.29) is 42.1 Å². The molecule has 0 aromatic heterocycles. The number of halogens is 2. The van der Waals surface area contributed by atoms with Crippen molar-refractivity contribution in [2.45, 2.75) is 45.3 Å². The molecule has 0 aliphatic carbocycles. The molecule has 24 heavy (non-hydrogen) atoms. The number of carbonyl (C=O) groups excluding carboxylic acids is 2. The summed E-state index contributed by atoms with van der Waals surface area (Å²) in [6.07, 6.45) is 0.909. The van der Waals surface area contributed by atoms with Gasteiger partial charge >= 0.3 is 13.1 Å². The summed E-state index contributed by atoms with van der Waals surface area (Å²) < 4.78 is 38.0. The number of carbonyl (C=O) groups is 2. The standard InChI is InChI=1S/C16H19BF2O5/c1-3-5-10(20)6-9-7-11-14(19)13(18)8-12(16(21)23-4-2)15(11)24-17(9)22/h8-9,22H,3-7H2,1-2H3/t9-/m0/s1. The SMILES string of the molecule is CCCC(=O)C[C@H]1Cc2c(F)c(F)cc(C(=O)OCC)c2OB1O. The van der Waals surface area contributed by atoms with Gasteiger partial charge in [0.25, 0.3) is 0 Å². The van der Waals surface area contributed by atoms with Crippen LogP contribution in [-0.4, -0.2) is 30.5 Å². The Morgan fingerprint density at radius 2 is 2.12 bits per heavy atom. The molecule has 2 rings (SSSR count). The van der Waals surface area contributed by atoms with Gasteiger partial charge in [-0.1, -0.05) is 6.92 Å². The Kier molecular flexibility index (Phi) is 5.93. The van der Waals surface area contributed by atoms with Crippen molar-refractivity contribution < 1.29 is 32.8 Å². The normalized spacial score (nSPS) is 16.4. The van der Waals surface area contributed by atoms with Crippen LogP contribution in [0.5, 0.6) is 5.75 Å². The molecule has 130 valence electrons. The summed E-state index contributed by atoms with van der Waals surface area (Å²) in [5.74, 6) is -4.20. The zero-order valence-corrected chi connectivity index (χ0v) is 13.6. The van der Waals surface area contributed by atoms with Crippen LogP contribution < -0.4 is 4.65 Å². The molecule has 0 saturated heterocycles. The lowest BCUT2D eigenvalue weighted by atomic mass is 9.64. The Morgan fingerprint density at radius 1 is 1.42 bits per heavy atom. The van der Waals surface area contributed by atoms with Gasteiger partial charge in [-0.25, -0.2) is 13.6 Å². The second-order valence-electron chi connectivity index (χ2n) is 5.71. The van der Waals surface area contributed by atoms with E-state index >= 15 is 0 Å². The number of ether oxygens (including phenoxy) is 1. The topological polar surface area (TPSA) is 72.8 Å². The lowest BCUT2D eigenvalue weighted by Gasteiger charge is -2.28. The zero-order chi connectivity index (χ0) is 17.9. The van der Waals surface area contributed by atoms with Crippen LogP contribution in [0.1, 0.15) is 49.0 Å². The molecule has 0 unspecified atom stereocenters. The summed E-state index contributed by atoms with van der Waals surface area (Å²) >= 11 is 0. The number of Topliss-reactive ketones (excluding diaryl/α,β-unsaturated/α-hetero) is 1. The van der Waals surface area contributed by atoms with Gasteiger partial charge in [-0.3, -0.25) is 4.79 Å². The minimum Gasteiger partial charge on any atom is -0.535 e. The predicted octanol–water partition coefficient (Wildman–Crippen LogP) is 2.69. The van der Waals surface area contributed by atoms with Crippen molar-refractivity contribution in [1.82, 2.24) is 0 Å². The zero-order valence-electron chi connectivity index (χ0n) is 13.6. The van der Waals surface area contributed by atoms with Crippen molar-refractivity contribution in [2.24, 2.45) is 0 Å². The highest BCUT2D eigenvalue weighted by Gasteiger charge is 2.40. The first kappa shape index (κ1) is 18.4. The lowest BCUT2D eigenvalue weighted by Crippen LogP contribution is -2.36. The highest BCUT2D eigenvalue weighted by molar-refractivity contribution is 6.47. The van der Waals surface area contributed by atoms with Gasteiger partial charge in [0, 0.05) is 24.2 Å². The average Bonchev–Trinajstić information content (AvgIpc) is 2.52. The summed E-state index contributed by atoms with van der Waals surface area (Å²) in [6, 6.07) is 0.696. The molecular formula is C16H19BF2O5. The van der Waals surface area contributed by atoms with Gasteiger partial charge in [0.05, 0.1) is 6.61 Å². The van der Waals surface area contributed by atoms with Crippen LogP contribution in [0.3, 0.4) is 0 Å². The fourth-order valence-corrected chi connectivity index (χ4v) is 2.77. The van der Waals surface area contributed by atoms with E-state index in [1.54, 1.807) is 6.92 Å². The Labute approximate surface area is 139 Å². The van der Waals surface area contributed by atoms with Crippen molar-refractivity contribution in [3.05, 3.63) is 28.8 Å². The Balaban J connectivity index is 2.36. The van der Waals surface area contributed by atoms with Gasteiger partial charge in [0.1, 0.15) is 17.1 Å². The van der Waals surface area contributed by atoms with Gasteiger partial charge in [0.2, 0.25) is 0 Å². The molecule has 0 radical (unpaired) electrons. The second kappa shape index (κ2) is 7.74. The van der Waals surface area contributed by atoms with E-state index in [0.29, 0.717) is 18.9 Å². The molecule has 0 spiro atoms. The summed E-state index contributed by atoms with van der Waals surface area (Å²) in [6.45, 7) is 3.49. The van der Waals surface area contributed by atoms with E-state index in [9.17, 15) is 23.4 Å². The first-order valence-electron chi connectivity index (χ1n) is 7.93. The van der Waals surface area contributed by atoms with Gasteiger partial charge in [-0.2, -0.15) is 0 Å². The van der Waals surface area contributed by atoms with Crippen molar-refractivity contribution in [1.29, 1.82) is 0 Å². The molecule has 1 aliphatic rings. The Bertz CT molecular complexity index is 650. The summed E-state index contributed by atoms with van der Waals surface area (Å²) in [5.41, 5.74) is -0.430. The van der Waals surface area contributed by atoms with E-state index in [4.69, 9.17) is 9.39 Å². The molecular weight excluding hydrogens is 321 g/mol. The first-order chi connectivity index (χ1) is 11.4. The van der Waals surface area contributed by atoms with Crippen LogP contribution in [0.4, 0.5) is 8.78 Å². The third kappa shape index (κ3) is 3.75. The molecule has 1 N–H and O–H groups in total. The van der Waals surface area contributed by atoms with Crippen LogP contribution in [0, 0.1) is 11.6 Å². The van der Waals surface area contributed by atoms with E-state index < -0.39 is 30.5 Å². The third-order valence-corrected chi connectivity index (χ3v) is 3.89. The number of rotatable bonds is 6. The molecule has 0 saturated carbocycles. The van der Waals surface area contributed by atoms with Gasteiger partial charge in [0.15, 0.2) is 11.6 Å². The van der Waals surface area contributed by atoms with Crippen molar-refractivity contribution >= 4 is 18.9 Å². The maximum atomic E-state index is 14.1. The number of hydrogen-bond acceptors (Lipinski definition) is 5. The summed E-state index contributed by atoms with van der Waals surface area (Å²) in [4.78, 5) is 23.7. The van der Waals surface area contributed by atoms with Gasteiger partial charge in [-0.15, -0.1) is 0 Å². The van der Waals surface area contributed by atoms with Crippen LogP contribution in [-0.2, 0) is 16.0 Å². The van der Waals surface area contributed by atoms with Crippen LogP contribution in [0.25, 0.3) is 0 Å². The molecule has 0 fully saturated rings. The number of benzene rings is 1. The number of fused-ring (bicyclic) bond motifs is 1. The third-order valence-electron chi connectivity index (χ3n) is 3.89. The molecule has 1 heterocycles. The van der Waals surface area contributed by atoms with Crippen molar-refractivity contribution in [3.63, 3.8) is 0 Å². The van der Waals surface area contributed by atoms with Gasteiger partial charge < -0.3 is 14.4 Å². The van der Waals surface area contributed by atoms with Crippen LogP contribution in [0.2, 0.25) is 5.82 Å². The first-order valence-corrected chi connectivity index (χ1v) is 7.93. The minimum atomic E-state index is -1.38. The molecule has 1 atom stereocenters. The van der Waals surface area contributed by atoms with Crippen LogP contribution in [0.15, 0.2) is 6.07 Å². The van der Waals surface area contributed by atoms with E-state index in [0.717, 1.165) is 0 Å². The van der Waals surface area contributed by atoms with Crippen molar-refractivity contribution in [3.8, 4) is 5.75 Å². The average molecular weight is 340 g/mol. The lowest BCUT2D eigenvalue weighted by molar-refractivity contribution is -0.119. The van der Waals surface area contributed by atoms with E-state index in [1.165, 1.54) is 0 Å². The molecule has 1 aromatic carbocycles. The summed E-state index contributed by atoms with van der Waals surface area (Å²) in [5, 5.41) is 10.1. The Morgan fingerprint density at radius 3 is 2.75 bits per heavy atom. The Hall–Kier alpha value is -1.96. The van der Waals surface area contributed by atoms with Gasteiger partial charge in [-0.05, 0) is 25.8 Å². The quantitative estimate of drug-likeness (QED) is 0.637. The van der Waals surface area contributed by atoms with Crippen molar-refractivity contribution in [2.75, 3.05) is 6.61 Å². The molecule has 0 bridgehead atoms. The van der Waals surface area contributed by atoms with E-state index in [1.807, 2.05) is 6.92 Å². The largest absolute Gasteiger partial charge is 0.535 e. The maximum absolute atomic E-state index is 14.1. The monoisotopic (exact) mass is 340 g/mol. The highest BCUT2D eigenvalue weighted by Crippen LogP contribution is 2.39. The maximum Gasteiger partial charge on any atom is 0.526 e. The molecule has 5 nitrogen and oxygen atoms in total. The number of esters is 1.